The average Bonchev–Trinajstić information content (AvgIpc) is 2.59. The van der Waals surface area contributed by atoms with Crippen molar-refractivity contribution < 1.29 is 4.79 Å². The molecule has 0 aromatic rings. The van der Waals surface area contributed by atoms with Crippen molar-refractivity contribution in [2.24, 2.45) is 23.5 Å². The molecule has 0 bridgehead atoms. The van der Waals surface area contributed by atoms with Gasteiger partial charge in [0.1, 0.15) is 0 Å². The molecule has 3 N–H and O–H groups in total. The second-order valence-electron chi connectivity index (χ2n) is 5.18. The minimum atomic E-state index is -0.0798. The zero-order chi connectivity index (χ0) is 11.4. The van der Waals surface area contributed by atoms with Crippen molar-refractivity contribution in [2.45, 2.75) is 46.1 Å². The summed E-state index contributed by atoms with van der Waals surface area (Å²) in [5.41, 5.74) is 5.68. The number of amides is 1. The van der Waals surface area contributed by atoms with Crippen molar-refractivity contribution in [2.75, 3.05) is 6.54 Å². The lowest BCUT2D eigenvalue weighted by molar-refractivity contribution is -0.125. The van der Waals surface area contributed by atoms with E-state index in [1.54, 1.807) is 0 Å². The van der Waals surface area contributed by atoms with Gasteiger partial charge in [-0.1, -0.05) is 20.3 Å². The van der Waals surface area contributed by atoms with Crippen LogP contribution in [-0.2, 0) is 4.79 Å². The van der Waals surface area contributed by atoms with Crippen LogP contribution in [0.1, 0.15) is 40.0 Å². The normalized spacial score (nSPS) is 29.9. The summed E-state index contributed by atoms with van der Waals surface area (Å²) in [4.78, 5) is 11.6. The summed E-state index contributed by atoms with van der Waals surface area (Å²) >= 11 is 0. The standard InChI is InChI=1S/C12H24N2O/c1-8-4-5-11(6-8)7-14-12(15)9(2)10(3)13/h8-11H,4-7,13H2,1-3H3,(H,14,15). The van der Waals surface area contributed by atoms with E-state index in [0.29, 0.717) is 5.92 Å². The number of nitrogens with two attached hydrogens (primary N) is 1. The second kappa shape index (κ2) is 5.50. The largest absolute Gasteiger partial charge is 0.356 e. The fraction of sp³-hybridized carbons (Fsp3) is 0.917. The van der Waals surface area contributed by atoms with Crippen LogP contribution in [0.4, 0.5) is 0 Å². The van der Waals surface area contributed by atoms with Gasteiger partial charge < -0.3 is 11.1 Å². The van der Waals surface area contributed by atoms with Crippen molar-refractivity contribution in [1.29, 1.82) is 0 Å². The number of carbonyl (C=O) groups excluding carboxylic acids is 1. The van der Waals surface area contributed by atoms with Crippen LogP contribution in [0, 0.1) is 17.8 Å². The van der Waals surface area contributed by atoms with Gasteiger partial charge in [0.25, 0.3) is 0 Å². The molecule has 3 nitrogen and oxygen atoms in total. The van der Waals surface area contributed by atoms with Crippen molar-refractivity contribution in [3.05, 3.63) is 0 Å². The molecule has 1 aliphatic carbocycles. The minimum absolute atomic E-state index is 0.0625. The van der Waals surface area contributed by atoms with Crippen molar-refractivity contribution in [1.82, 2.24) is 5.32 Å². The molecule has 0 saturated heterocycles. The molecule has 0 aliphatic heterocycles. The van der Waals surface area contributed by atoms with E-state index in [1.165, 1.54) is 19.3 Å². The van der Waals surface area contributed by atoms with E-state index in [2.05, 4.69) is 12.2 Å². The Bertz CT molecular complexity index is 216. The Balaban J connectivity index is 2.22. The van der Waals surface area contributed by atoms with Crippen molar-refractivity contribution in [3.63, 3.8) is 0 Å². The topological polar surface area (TPSA) is 55.1 Å². The lowest BCUT2D eigenvalue weighted by Gasteiger charge is -2.17. The highest BCUT2D eigenvalue weighted by Gasteiger charge is 2.23. The SMILES string of the molecule is CC1CCC(CNC(=O)C(C)C(C)N)C1. The smallest absolute Gasteiger partial charge is 0.224 e. The van der Waals surface area contributed by atoms with Gasteiger partial charge >= 0.3 is 0 Å². The summed E-state index contributed by atoms with van der Waals surface area (Å²) < 4.78 is 0. The molecular formula is C12H24N2O. The monoisotopic (exact) mass is 212 g/mol. The Morgan fingerprint density at radius 2 is 2.13 bits per heavy atom. The van der Waals surface area contributed by atoms with Gasteiger partial charge in [-0.15, -0.1) is 0 Å². The summed E-state index contributed by atoms with van der Waals surface area (Å²) in [5, 5.41) is 3.01. The van der Waals surface area contributed by atoms with Crippen LogP contribution in [0.2, 0.25) is 0 Å². The van der Waals surface area contributed by atoms with Crippen LogP contribution in [0.15, 0.2) is 0 Å². The third-order valence-corrected chi connectivity index (χ3v) is 3.57. The molecule has 0 radical (unpaired) electrons. The van der Waals surface area contributed by atoms with Crippen LogP contribution < -0.4 is 11.1 Å². The van der Waals surface area contributed by atoms with Gasteiger partial charge in [0, 0.05) is 18.5 Å². The van der Waals surface area contributed by atoms with E-state index in [4.69, 9.17) is 5.73 Å². The molecule has 4 atom stereocenters. The molecule has 4 unspecified atom stereocenters. The molecule has 15 heavy (non-hydrogen) atoms. The first kappa shape index (κ1) is 12.5. The first-order valence-electron chi connectivity index (χ1n) is 6.04. The maximum atomic E-state index is 11.6. The number of carbonyl (C=O) groups is 1. The summed E-state index contributed by atoms with van der Waals surface area (Å²) in [6, 6.07) is -0.0625. The molecule has 1 aliphatic rings. The number of hydrogen-bond acceptors (Lipinski definition) is 2. The zero-order valence-electron chi connectivity index (χ0n) is 10.1. The average molecular weight is 212 g/mol. The third kappa shape index (κ3) is 3.82. The van der Waals surface area contributed by atoms with E-state index in [0.717, 1.165) is 12.5 Å². The van der Waals surface area contributed by atoms with Crippen LogP contribution in [0.25, 0.3) is 0 Å². The Morgan fingerprint density at radius 1 is 1.47 bits per heavy atom. The van der Waals surface area contributed by atoms with Gasteiger partial charge in [-0.05, 0) is 31.6 Å². The van der Waals surface area contributed by atoms with Gasteiger partial charge in [-0.3, -0.25) is 4.79 Å². The molecule has 1 fully saturated rings. The minimum Gasteiger partial charge on any atom is -0.356 e. The van der Waals surface area contributed by atoms with E-state index < -0.39 is 0 Å². The third-order valence-electron chi connectivity index (χ3n) is 3.57. The van der Waals surface area contributed by atoms with Gasteiger partial charge in [-0.2, -0.15) is 0 Å². The van der Waals surface area contributed by atoms with Gasteiger partial charge in [-0.25, -0.2) is 0 Å². The number of nitrogens with one attached hydrogen (secondary N) is 1. The van der Waals surface area contributed by atoms with Gasteiger partial charge in [0.15, 0.2) is 0 Å². The highest BCUT2D eigenvalue weighted by Crippen LogP contribution is 2.29. The first-order valence-corrected chi connectivity index (χ1v) is 6.04. The fourth-order valence-corrected chi connectivity index (χ4v) is 2.16. The van der Waals surface area contributed by atoms with Crippen LogP contribution in [-0.4, -0.2) is 18.5 Å². The van der Waals surface area contributed by atoms with Gasteiger partial charge in [0.05, 0.1) is 0 Å². The molecule has 0 aromatic heterocycles. The summed E-state index contributed by atoms with van der Waals surface area (Å²) in [7, 11) is 0. The van der Waals surface area contributed by atoms with Gasteiger partial charge in [0.2, 0.25) is 5.91 Å². The predicted molar refractivity (Wildman–Crippen MR) is 62.3 cm³/mol. The Kier molecular flexibility index (Phi) is 4.58. The zero-order valence-corrected chi connectivity index (χ0v) is 10.1. The van der Waals surface area contributed by atoms with Crippen LogP contribution >= 0.6 is 0 Å². The summed E-state index contributed by atoms with van der Waals surface area (Å²) in [6.45, 7) is 6.88. The lowest BCUT2D eigenvalue weighted by Crippen LogP contribution is -2.40. The lowest BCUT2D eigenvalue weighted by atomic mass is 10.0. The molecule has 0 heterocycles. The molecule has 88 valence electrons. The molecule has 1 rings (SSSR count). The highest BCUT2D eigenvalue weighted by molar-refractivity contribution is 5.78. The number of hydrogen-bond donors (Lipinski definition) is 2. The maximum Gasteiger partial charge on any atom is 0.224 e. The Morgan fingerprint density at radius 3 is 2.60 bits per heavy atom. The van der Waals surface area contributed by atoms with E-state index >= 15 is 0 Å². The molecule has 0 spiro atoms. The fourth-order valence-electron chi connectivity index (χ4n) is 2.16. The molecular weight excluding hydrogens is 188 g/mol. The molecule has 3 heteroatoms. The van der Waals surface area contributed by atoms with Crippen LogP contribution in [0.3, 0.4) is 0 Å². The van der Waals surface area contributed by atoms with Crippen molar-refractivity contribution in [3.8, 4) is 0 Å². The maximum absolute atomic E-state index is 11.6. The quantitative estimate of drug-likeness (QED) is 0.742. The Hall–Kier alpha value is -0.570. The van der Waals surface area contributed by atoms with E-state index in [9.17, 15) is 4.79 Å². The van der Waals surface area contributed by atoms with Crippen LogP contribution in [0.5, 0.6) is 0 Å². The predicted octanol–water partition coefficient (Wildman–Crippen LogP) is 1.52. The highest BCUT2D eigenvalue weighted by atomic mass is 16.1. The number of rotatable bonds is 4. The van der Waals surface area contributed by atoms with Crippen molar-refractivity contribution >= 4 is 5.91 Å². The molecule has 1 saturated carbocycles. The summed E-state index contributed by atoms with van der Waals surface area (Å²) in [5.74, 6) is 1.54. The van der Waals surface area contributed by atoms with E-state index in [1.807, 2.05) is 13.8 Å². The Labute approximate surface area is 92.8 Å². The second-order valence-corrected chi connectivity index (χ2v) is 5.18. The molecule has 1 amide bonds. The molecule has 0 aromatic carbocycles. The first-order chi connectivity index (χ1) is 7.00. The summed E-state index contributed by atoms with van der Waals surface area (Å²) in [6.07, 6.45) is 3.82. The van der Waals surface area contributed by atoms with E-state index in [-0.39, 0.29) is 17.9 Å².